The van der Waals surface area contributed by atoms with Crippen molar-refractivity contribution >= 4 is 5.69 Å². The second-order valence-corrected chi connectivity index (χ2v) is 5.87. The van der Waals surface area contributed by atoms with Gasteiger partial charge in [-0.1, -0.05) is 13.8 Å². The van der Waals surface area contributed by atoms with Crippen LogP contribution in [0.3, 0.4) is 0 Å². The van der Waals surface area contributed by atoms with Gasteiger partial charge in [0, 0.05) is 19.2 Å². The predicted octanol–water partition coefficient (Wildman–Crippen LogP) is 2.71. The summed E-state index contributed by atoms with van der Waals surface area (Å²) in [5, 5.41) is 9.70. The number of aromatic hydroxyl groups is 1. The Morgan fingerprint density at radius 1 is 1.30 bits per heavy atom. The molecule has 1 heterocycles. The first kappa shape index (κ1) is 15.0. The zero-order valence-electron chi connectivity index (χ0n) is 13.0. The number of hydrogen-bond acceptors (Lipinski definition) is 4. The molecular formula is C16H26N2O2. The lowest BCUT2D eigenvalue weighted by Crippen LogP contribution is -2.51. The maximum atomic E-state index is 9.70. The molecule has 1 aliphatic heterocycles. The van der Waals surface area contributed by atoms with Gasteiger partial charge in [-0.25, -0.2) is 0 Å². The van der Waals surface area contributed by atoms with Crippen LogP contribution in [0.4, 0.5) is 5.69 Å². The van der Waals surface area contributed by atoms with E-state index < -0.39 is 0 Å². The molecule has 0 spiro atoms. The lowest BCUT2D eigenvalue weighted by Gasteiger charge is -2.44. The maximum absolute atomic E-state index is 9.70. The molecule has 0 atom stereocenters. The van der Waals surface area contributed by atoms with E-state index in [0.717, 1.165) is 43.9 Å². The zero-order chi connectivity index (χ0) is 14.8. The molecule has 112 valence electrons. The van der Waals surface area contributed by atoms with Crippen molar-refractivity contribution in [2.45, 2.75) is 32.3 Å². The third-order valence-electron chi connectivity index (χ3n) is 4.20. The topological polar surface area (TPSA) is 35.9 Å². The van der Waals surface area contributed by atoms with Gasteiger partial charge in [0.25, 0.3) is 0 Å². The summed E-state index contributed by atoms with van der Waals surface area (Å²) in [5.41, 5.74) is 0.940. The Morgan fingerprint density at radius 2 is 2.00 bits per heavy atom. The van der Waals surface area contributed by atoms with Gasteiger partial charge in [-0.05, 0) is 39.1 Å². The number of benzene rings is 1. The molecule has 2 rings (SSSR count). The average molecular weight is 278 g/mol. The quantitative estimate of drug-likeness (QED) is 0.898. The van der Waals surface area contributed by atoms with Gasteiger partial charge in [0.1, 0.15) is 17.1 Å². The van der Waals surface area contributed by atoms with E-state index in [1.165, 1.54) is 0 Å². The summed E-state index contributed by atoms with van der Waals surface area (Å²) in [4.78, 5) is 4.57. The lowest BCUT2D eigenvalue weighted by molar-refractivity contribution is 0.0568. The van der Waals surface area contributed by atoms with E-state index in [1.807, 2.05) is 6.07 Å². The molecular weight excluding hydrogens is 252 g/mol. The van der Waals surface area contributed by atoms with Crippen molar-refractivity contribution in [1.29, 1.82) is 0 Å². The summed E-state index contributed by atoms with van der Waals surface area (Å²) in [6, 6.07) is 5.42. The molecule has 0 unspecified atom stereocenters. The first-order valence-corrected chi connectivity index (χ1v) is 7.41. The van der Waals surface area contributed by atoms with E-state index in [-0.39, 0.29) is 11.4 Å². The van der Waals surface area contributed by atoms with Gasteiger partial charge >= 0.3 is 0 Å². The molecule has 4 nitrogen and oxygen atoms in total. The van der Waals surface area contributed by atoms with Crippen LogP contribution in [-0.4, -0.2) is 49.3 Å². The summed E-state index contributed by atoms with van der Waals surface area (Å²) in [7, 11) is 4.18. The van der Waals surface area contributed by atoms with Crippen LogP contribution < -0.4 is 9.64 Å². The first-order valence-electron chi connectivity index (χ1n) is 7.41. The maximum Gasteiger partial charge on any atom is 0.147 e. The Labute approximate surface area is 122 Å². The summed E-state index contributed by atoms with van der Waals surface area (Å²) < 4.78 is 6.22. The average Bonchev–Trinajstić information content (AvgIpc) is 2.43. The number of phenolic OH excluding ortho intramolecular Hbond substituents is 1. The minimum atomic E-state index is -0.146. The highest BCUT2D eigenvalue weighted by atomic mass is 16.5. The highest BCUT2D eigenvalue weighted by molar-refractivity contribution is 5.63. The molecule has 0 aromatic heterocycles. The number of anilines is 1. The third kappa shape index (κ3) is 3.01. The molecule has 1 aromatic carbocycles. The van der Waals surface area contributed by atoms with Crippen molar-refractivity contribution in [3.05, 3.63) is 18.2 Å². The minimum Gasteiger partial charge on any atom is -0.508 e. The van der Waals surface area contributed by atoms with Gasteiger partial charge in [-0.2, -0.15) is 0 Å². The van der Waals surface area contributed by atoms with Gasteiger partial charge in [0.2, 0.25) is 0 Å². The van der Waals surface area contributed by atoms with E-state index in [9.17, 15) is 5.11 Å². The summed E-state index contributed by atoms with van der Waals surface area (Å²) in [5.74, 6) is 1.07. The van der Waals surface area contributed by atoms with E-state index in [1.54, 1.807) is 12.1 Å². The Morgan fingerprint density at radius 3 is 2.60 bits per heavy atom. The highest BCUT2D eigenvalue weighted by Gasteiger charge is 2.36. The monoisotopic (exact) mass is 278 g/mol. The zero-order valence-corrected chi connectivity index (χ0v) is 13.0. The summed E-state index contributed by atoms with van der Waals surface area (Å²) in [6.07, 6.45) is 1.94. The second-order valence-electron chi connectivity index (χ2n) is 5.87. The summed E-state index contributed by atoms with van der Waals surface area (Å²) in [6.45, 7) is 7.22. The number of nitrogens with zero attached hydrogens (tertiary/aromatic N) is 2. The van der Waals surface area contributed by atoms with E-state index in [0.29, 0.717) is 0 Å². The van der Waals surface area contributed by atoms with E-state index >= 15 is 0 Å². The molecule has 0 amide bonds. The SMILES string of the molecule is CCC1(CC)CN(CCN(C)C)c2ccc(O)cc2O1. The van der Waals surface area contributed by atoms with Crippen molar-refractivity contribution in [3.63, 3.8) is 0 Å². The molecule has 4 heteroatoms. The van der Waals surface area contributed by atoms with Crippen molar-refractivity contribution in [2.75, 3.05) is 38.6 Å². The minimum absolute atomic E-state index is 0.146. The molecule has 0 radical (unpaired) electrons. The van der Waals surface area contributed by atoms with Crippen LogP contribution in [0.2, 0.25) is 0 Å². The van der Waals surface area contributed by atoms with Gasteiger partial charge in [0.05, 0.1) is 12.2 Å². The normalized spacial score (nSPS) is 16.9. The van der Waals surface area contributed by atoms with Crippen LogP contribution in [-0.2, 0) is 0 Å². The molecule has 0 saturated heterocycles. The van der Waals surface area contributed by atoms with Crippen molar-refractivity contribution in [3.8, 4) is 11.5 Å². The van der Waals surface area contributed by atoms with Gasteiger partial charge < -0.3 is 19.6 Å². The van der Waals surface area contributed by atoms with E-state index in [4.69, 9.17) is 4.74 Å². The molecule has 0 saturated carbocycles. The van der Waals surface area contributed by atoms with Crippen LogP contribution in [0.15, 0.2) is 18.2 Å². The molecule has 0 bridgehead atoms. The van der Waals surface area contributed by atoms with Gasteiger partial charge in [-0.15, -0.1) is 0 Å². The van der Waals surface area contributed by atoms with Crippen LogP contribution in [0.5, 0.6) is 11.5 Å². The lowest BCUT2D eigenvalue weighted by atomic mass is 9.94. The number of rotatable bonds is 5. The number of hydrogen-bond donors (Lipinski definition) is 1. The fraction of sp³-hybridized carbons (Fsp3) is 0.625. The fourth-order valence-electron chi connectivity index (χ4n) is 2.68. The van der Waals surface area contributed by atoms with Crippen LogP contribution in [0, 0.1) is 0 Å². The molecule has 0 fully saturated rings. The summed E-state index contributed by atoms with van der Waals surface area (Å²) >= 11 is 0. The number of phenols is 1. The standard InChI is InChI=1S/C16H26N2O2/c1-5-16(6-2)12-18(10-9-17(3)4)14-8-7-13(19)11-15(14)20-16/h7-8,11,19H,5-6,9-10,12H2,1-4H3. The Balaban J connectivity index is 2.31. The molecule has 0 aliphatic carbocycles. The smallest absolute Gasteiger partial charge is 0.147 e. The second kappa shape index (κ2) is 5.92. The predicted molar refractivity (Wildman–Crippen MR) is 82.8 cm³/mol. The molecule has 20 heavy (non-hydrogen) atoms. The number of fused-ring (bicyclic) bond motifs is 1. The van der Waals surface area contributed by atoms with E-state index in [2.05, 4.69) is 37.7 Å². The van der Waals surface area contributed by atoms with Crippen molar-refractivity contribution in [1.82, 2.24) is 4.90 Å². The number of ether oxygens (including phenoxy) is 1. The van der Waals surface area contributed by atoms with Gasteiger partial charge in [0.15, 0.2) is 0 Å². The van der Waals surface area contributed by atoms with Crippen LogP contribution in [0.1, 0.15) is 26.7 Å². The fourth-order valence-corrected chi connectivity index (χ4v) is 2.68. The Hall–Kier alpha value is -1.42. The van der Waals surface area contributed by atoms with Crippen LogP contribution >= 0.6 is 0 Å². The Bertz CT molecular complexity index is 456. The van der Waals surface area contributed by atoms with Crippen LogP contribution in [0.25, 0.3) is 0 Å². The highest BCUT2D eigenvalue weighted by Crippen LogP contribution is 2.41. The number of likely N-dealkylation sites (N-methyl/N-ethyl adjacent to an activating group) is 1. The largest absolute Gasteiger partial charge is 0.508 e. The van der Waals surface area contributed by atoms with Crippen molar-refractivity contribution in [2.24, 2.45) is 0 Å². The molecule has 1 aliphatic rings. The third-order valence-corrected chi connectivity index (χ3v) is 4.20. The Kier molecular flexibility index (Phi) is 4.43. The first-order chi connectivity index (χ1) is 9.49. The molecule has 1 N–H and O–H groups in total. The van der Waals surface area contributed by atoms with Crippen molar-refractivity contribution < 1.29 is 9.84 Å². The molecule has 1 aromatic rings. The van der Waals surface area contributed by atoms with Gasteiger partial charge in [-0.3, -0.25) is 0 Å².